The quantitative estimate of drug-likeness (QED) is 0.722. The summed E-state index contributed by atoms with van der Waals surface area (Å²) in [6.07, 6.45) is 0. The van der Waals surface area contributed by atoms with Gasteiger partial charge in [-0.05, 0) is 42.5 Å². The maximum Gasteiger partial charge on any atom is 0.242 e. The fourth-order valence-corrected chi connectivity index (χ4v) is 3.94. The number of nitrogens with one attached hydrogen (secondary N) is 1. The highest BCUT2D eigenvalue weighted by Crippen LogP contribution is 2.24. The van der Waals surface area contributed by atoms with E-state index in [9.17, 15) is 17.6 Å². The predicted molar refractivity (Wildman–Crippen MR) is 105 cm³/mol. The zero-order valence-corrected chi connectivity index (χ0v) is 16.9. The van der Waals surface area contributed by atoms with Crippen LogP contribution in [-0.4, -0.2) is 45.6 Å². The fourth-order valence-electron chi connectivity index (χ4n) is 2.23. The zero-order valence-electron chi connectivity index (χ0n) is 15.2. The van der Waals surface area contributed by atoms with E-state index in [-0.39, 0.29) is 22.4 Å². The highest BCUT2D eigenvalue weighted by molar-refractivity contribution is 7.99. The molecule has 0 spiro atoms. The molecule has 0 saturated carbocycles. The van der Waals surface area contributed by atoms with Crippen molar-refractivity contribution in [3.63, 3.8) is 0 Å². The molecule has 0 fully saturated rings. The van der Waals surface area contributed by atoms with E-state index in [2.05, 4.69) is 5.32 Å². The summed E-state index contributed by atoms with van der Waals surface area (Å²) < 4.78 is 43.7. The van der Waals surface area contributed by atoms with Gasteiger partial charge in [0.2, 0.25) is 15.9 Å². The molecule has 9 heteroatoms. The van der Waals surface area contributed by atoms with Crippen molar-refractivity contribution in [2.75, 3.05) is 32.3 Å². The molecule has 146 valence electrons. The van der Waals surface area contributed by atoms with E-state index in [1.807, 2.05) is 0 Å². The van der Waals surface area contributed by atoms with Gasteiger partial charge in [0.05, 0.1) is 17.8 Å². The van der Waals surface area contributed by atoms with Gasteiger partial charge in [0.25, 0.3) is 0 Å². The molecule has 2 rings (SSSR count). The van der Waals surface area contributed by atoms with Crippen LogP contribution in [0.5, 0.6) is 5.75 Å². The summed E-state index contributed by atoms with van der Waals surface area (Å²) in [5.41, 5.74) is 1.18. The average molecular weight is 413 g/mol. The molecular formula is C18H21FN2O4S2. The molecule has 0 unspecified atom stereocenters. The van der Waals surface area contributed by atoms with Crippen molar-refractivity contribution < 1.29 is 22.3 Å². The SMILES string of the molecule is COc1ccc(F)cc1CSCC(=O)Nc1ccc(S(=O)(=O)N(C)C)cc1. The van der Waals surface area contributed by atoms with Crippen LogP contribution < -0.4 is 10.1 Å². The number of halogens is 1. The van der Waals surface area contributed by atoms with Crippen molar-refractivity contribution in [2.45, 2.75) is 10.6 Å². The van der Waals surface area contributed by atoms with E-state index in [1.165, 1.54) is 69.4 Å². The predicted octanol–water partition coefficient (Wildman–Crippen LogP) is 2.96. The number of hydrogen-bond donors (Lipinski definition) is 1. The molecule has 6 nitrogen and oxygen atoms in total. The van der Waals surface area contributed by atoms with Gasteiger partial charge in [-0.15, -0.1) is 11.8 Å². The first kappa shape index (κ1) is 21.2. The van der Waals surface area contributed by atoms with Crippen molar-refractivity contribution in [1.29, 1.82) is 0 Å². The van der Waals surface area contributed by atoms with Crippen molar-refractivity contribution in [3.8, 4) is 5.75 Å². The summed E-state index contributed by atoms with van der Waals surface area (Å²) in [5, 5.41) is 2.70. The lowest BCUT2D eigenvalue weighted by atomic mass is 10.2. The molecule has 0 atom stereocenters. The second kappa shape index (κ2) is 9.20. The molecule has 2 aromatic rings. The van der Waals surface area contributed by atoms with Crippen LogP contribution in [0.4, 0.5) is 10.1 Å². The highest BCUT2D eigenvalue weighted by Gasteiger charge is 2.16. The Kier molecular flexibility index (Phi) is 7.23. The standard InChI is InChI=1S/C18H21FN2O4S2/c1-21(2)27(23,24)16-7-5-15(6-8-16)20-18(22)12-26-11-13-10-14(19)4-9-17(13)25-3/h4-10H,11-12H2,1-3H3,(H,20,22). The van der Waals surface area contributed by atoms with Gasteiger partial charge in [-0.3, -0.25) is 4.79 Å². The molecule has 0 aliphatic heterocycles. The minimum Gasteiger partial charge on any atom is -0.496 e. The Bertz CT molecular complexity index is 900. The third-order valence-electron chi connectivity index (χ3n) is 3.65. The van der Waals surface area contributed by atoms with Crippen LogP contribution in [-0.2, 0) is 20.6 Å². The Hall–Kier alpha value is -2.10. The number of rotatable bonds is 8. The number of amides is 1. The monoisotopic (exact) mass is 412 g/mol. The molecular weight excluding hydrogens is 391 g/mol. The molecule has 0 bridgehead atoms. The Morgan fingerprint density at radius 3 is 2.44 bits per heavy atom. The molecule has 2 aromatic carbocycles. The van der Waals surface area contributed by atoms with Crippen molar-refractivity contribution in [2.24, 2.45) is 0 Å². The molecule has 27 heavy (non-hydrogen) atoms. The van der Waals surface area contributed by atoms with E-state index in [0.717, 1.165) is 4.31 Å². The lowest BCUT2D eigenvalue weighted by molar-refractivity contribution is -0.113. The number of carbonyl (C=O) groups is 1. The number of sulfonamides is 1. The summed E-state index contributed by atoms with van der Waals surface area (Å²) in [5.74, 6) is 0.565. The fraction of sp³-hybridized carbons (Fsp3) is 0.278. The maximum atomic E-state index is 13.3. The number of thioether (sulfide) groups is 1. The molecule has 0 heterocycles. The largest absolute Gasteiger partial charge is 0.496 e. The summed E-state index contributed by atoms with van der Waals surface area (Å²) >= 11 is 1.32. The summed E-state index contributed by atoms with van der Waals surface area (Å²) in [4.78, 5) is 12.2. The minimum absolute atomic E-state index is 0.151. The molecule has 1 amide bonds. The number of carbonyl (C=O) groups excluding carboxylic acids is 1. The maximum absolute atomic E-state index is 13.3. The van der Waals surface area contributed by atoms with E-state index in [4.69, 9.17) is 4.74 Å². The Balaban J connectivity index is 1.90. The number of nitrogens with zero attached hydrogens (tertiary/aromatic N) is 1. The number of ether oxygens (including phenoxy) is 1. The third-order valence-corrected chi connectivity index (χ3v) is 6.46. The van der Waals surface area contributed by atoms with Crippen LogP contribution in [0, 0.1) is 5.82 Å². The van der Waals surface area contributed by atoms with Crippen LogP contribution in [0.1, 0.15) is 5.56 Å². The summed E-state index contributed by atoms with van der Waals surface area (Å²) in [6.45, 7) is 0. The topological polar surface area (TPSA) is 75.7 Å². The molecule has 0 aliphatic rings. The first-order valence-corrected chi connectivity index (χ1v) is 10.6. The van der Waals surface area contributed by atoms with Crippen LogP contribution in [0.15, 0.2) is 47.4 Å². The normalized spacial score (nSPS) is 11.4. The van der Waals surface area contributed by atoms with Gasteiger partial charge in [-0.25, -0.2) is 17.1 Å². The third kappa shape index (κ3) is 5.69. The van der Waals surface area contributed by atoms with Crippen LogP contribution >= 0.6 is 11.8 Å². The van der Waals surface area contributed by atoms with Crippen LogP contribution in [0.25, 0.3) is 0 Å². The Morgan fingerprint density at radius 1 is 1.19 bits per heavy atom. The van der Waals surface area contributed by atoms with Crippen molar-refractivity contribution in [3.05, 3.63) is 53.8 Å². The first-order valence-electron chi connectivity index (χ1n) is 7.96. The van der Waals surface area contributed by atoms with Gasteiger partial charge < -0.3 is 10.1 Å². The number of methoxy groups -OCH3 is 1. The second-order valence-electron chi connectivity index (χ2n) is 5.81. The summed E-state index contributed by atoms with van der Waals surface area (Å²) in [6, 6.07) is 10.2. The lowest BCUT2D eigenvalue weighted by Crippen LogP contribution is -2.22. The zero-order chi connectivity index (χ0) is 20.0. The number of hydrogen-bond acceptors (Lipinski definition) is 5. The Morgan fingerprint density at radius 2 is 1.85 bits per heavy atom. The van der Waals surface area contributed by atoms with Gasteiger partial charge in [0.1, 0.15) is 11.6 Å². The van der Waals surface area contributed by atoms with Crippen LogP contribution in [0.2, 0.25) is 0 Å². The van der Waals surface area contributed by atoms with Gasteiger partial charge in [-0.2, -0.15) is 0 Å². The first-order chi connectivity index (χ1) is 12.7. The average Bonchev–Trinajstić information content (AvgIpc) is 2.62. The van der Waals surface area contributed by atoms with Crippen molar-refractivity contribution >= 4 is 33.4 Å². The molecule has 0 radical (unpaired) electrons. The van der Waals surface area contributed by atoms with E-state index < -0.39 is 10.0 Å². The number of benzene rings is 2. The molecule has 1 N–H and O–H groups in total. The summed E-state index contributed by atoms with van der Waals surface area (Å²) in [7, 11) is 0.914. The van der Waals surface area contributed by atoms with Crippen LogP contribution in [0.3, 0.4) is 0 Å². The van der Waals surface area contributed by atoms with Gasteiger partial charge >= 0.3 is 0 Å². The molecule has 0 aliphatic carbocycles. The van der Waals surface area contributed by atoms with E-state index in [0.29, 0.717) is 22.8 Å². The van der Waals surface area contributed by atoms with Gasteiger partial charge in [0.15, 0.2) is 0 Å². The Labute approximate surface area is 162 Å². The van der Waals surface area contributed by atoms with Gasteiger partial charge in [-0.1, -0.05) is 0 Å². The lowest BCUT2D eigenvalue weighted by Gasteiger charge is -2.12. The van der Waals surface area contributed by atoms with Gasteiger partial charge in [0, 0.05) is 31.1 Å². The van der Waals surface area contributed by atoms with E-state index in [1.54, 1.807) is 6.07 Å². The second-order valence-corrected chi connectivity index (χ2v) is 8.95. The highest BCUT2D eigenvalue weighted by atomic mass is 32.2. The number of anilines is 1. The molecule has 0 saturated heterocycles. The minimum atomic E-state index is -3.50. The molecule has 0 aromatic heterocycles. The van der Waals surface area contributed by atoms with Crippen molar-refractivity contribution in [1.82, 2.24) is 4.31 Å². The van der Waals surface area contributed by atoms with E-state index >= 15 is 0 Å². The smallest absolute Gasteiger partial charge is 0.242 e.